The number of rotatable bonds is 15. The van der Waals surface area contributed by atoms with Crippen LogP contribution in [0.4, 0.5) is 0 Å². The molecule has 164 valence electrons. The van der Waals surface area contributed by atoms with Crippen LogP contribution in [-0.2, 0) is 9.47 Å². The normalized spacial score (nSPS) is 13.5. The molecule has 0 fully saturated rings. The van der Waals surface area contributed by atoms with Gasteiger partial charge in [0.1, 0.15) is 0 Å². The summed E-state index contributed by atoms with van der Waals surface area (Å²) in [7, 11) is 0. The summed E-state index contributed by atoms with van der Waals surface area (Å²) in [4.78, 5) is 0. The van der Waals surface area contributed by atoms with Crippen LogP contribution in [-0.4, -0.2) is 19.0 Å². The fourth-order valence-electron chi connectivity index (χ4n) is 2.79. The topological polar surface area (TPSA) is 18.5 Å². The van der Waals surface area contributed by atoms with Crippen LogP contribution in [0.3, 0.4) is 0 Å². The van der Waals surface area contributed by atoms with Crippen molar-refractivity contribution in [3.8, 4) is 0 Å². The van der Waals surface area contributed by atoms with Gasteiger partial charge in [-0.05, 0) is 78.6 Å². The third-order valence-electron chi connectivity index (χ3n) is 4.66. The molecule has 28 heavy (non-hydrogen) atoms. The summed E-state index contributed by atoms with van der Waals surface area (Å²) in [6.45, 7) is 21.1. The first-order valence-corrected chi connectivity index (χ1v) is 11.3. The maximum Gasteiger partial charge on any atom is 0.165 e. The quantitative estimate of drug-likeness (QED) is 0.206. The molecule has 0 aromatic rings. The Bertz CT molecular complexity index is 479. The predicted molar refractivity (Wildman–Crippen MR) is 125 cm³/mol. The van der Waals surface area contributed by atoms with Gasteiger partial charge in [-0.1, -0.05) is 62.6 Å². The first kappa shape index (κ1) is 27.1. The summed E-state index contributed by atoms with van der Waals surface area (Å²) in [5.74, 6) is 0.559. The predicted octanol–water partition coefficient (Wildman–Crippen LogP) is 8.25. The summed E-state index contributed by atoms with van der Waals surface area (Å²) in [5, 5.41) is 0. The second-order valence-corrected chi connectivity index (χ2v) is 9.54. The minimum atomic E-state index is -0.479. The molecule has 0 radical (unpaired) electrons. The molecule has 0 N–H and O–H groups in total. The van der Waals surface area contributed by atoms with E-state index < -0.39 is 5.79 Å². The van der Waals surface area contributed by atoms with Gasteiger partial charge in [0.2, 0.25) is 0 Å². The molecule has 0 atom stereocenters. The highest BCUT2D eigenvalue weighted by Crippen LogP contribution is 2.23. The molecule has 0 rings (SSSR count). The highest BCUT2D eigenvalue weighted by Gasteiger charge is 2.25. The van der Waals surface area contributed by atoms with E-state index in [0.717, 1.165) is 45.3 Å². The van der Waals surface area contributed by atoms with Crippen LogP contribution in [0.25, 0.3) is 0 Å². The van der Waals surface area contributed by atoms with Crippen molar-refractivity contribution in [1.82, 2.24) is 0 Å². The monoisotopic (exact) mass is 392 g/mol. The highest BCUT2D eigenvalue weighted by molar-refractivity contribution is 5.05. The van der Waals surface area contributed by atoms with Crippen molar-refractivity contribution >= 4 is 0 Å². The van der Waals surface area contributed by atoms with Gasteiger partial charge in [0.25, 0.3) is 0 Å². The minimum absolute atomic E-state index is 0.479. The fourth-order valence-corrected chi connectivity index (χ4v) is 2.79. The SMILES string of the molecule is CC(C)=CCCC(C)=CCCC(C)=CCCC(C)(OCC(C)C)OCC(C)C. The molecular weight excluding hydrogens is 344 g/mol. The van der Waals surface area contributed by atoms with Crippen molar-refractivity contribution in [1.29, 1.82) is 0 Å². The molecule has 0 aromatic heterocycles. The summed E-state index contributed by atoms with van der Waals surface area (Å²) in [6, 6.07) is 0. The van der Waals surface area contributed by atoms with Crippen molar-refractivity contribution in [3.05, 3.63) is 34.9 Å². The molecule has 0 aliphatic rings. The Balaban J connectivity index is 4.42. The summed E-state index contributed by atoms with van der Waals surface area (Å²) in [6.07, 6.45) is 13.6. The molecule has 0 unspecified atom stereocenters. The maximum atomic E-state index is 6.12. The Morgan fingerprint density at radius 1 is 0.714 bits per heavy atom. The van der Waals surface area contributed by atoms with E-state index in [-0.39, 0.29) is 0 Å². The smallest absolute Gasteiger partial charge is 0.165 e. The molecule has 0 amide bonds. The third-order valence-corrected chi connectivity index (χ3v) is 4.66. The lowest BCUT2D eigenvalue weighted by Gasteiger charge is -2.31. The average Bonchev–Trinajstić information content (AvgIpc) is 2.58. The lowest BCUT2D eigenvalue weighted by molar-refractivity contribution is -0.237. The van der Waals surface area contributed by atoms with E-state index >= 15 is 0 Å². The largest absolute Gasteiger partial charge is 0.350 e. The van der Waals surface area contributed by atoms with Gasteiger partial charge in [-0.2, -0.15) is 0 Å². The zero-order valence-corrected chi connectivity index (χ0v) is 20.4. The minimum Gasteiger partial charge on any atom is -0.350 e. The van der Waals surface area contributed by atoms with Crippen LogP contribution in [0.2, 0.25) is 0 Å². The Hall–Kier alpha value is -0.860. The first-order valence-electron chi connectivity index (χ1n) is 11.3. The highest BCUT2D eigenvalue weighted by atomic mass is 16.7. The van der Waals surface area contributed by atoms with Crippen molar-refractivity contribution in [2.45, 2.75) is 107 Å². The van der Waals surface area contributed by atoms with Crippen LogP contribution < -0.4 is 0 Å². The Morgan fingerprint density at radius 2 is 1.14 bits per heavy atom. The molecule has 0 spiro atoms. The van der Waals surface area contributed by atoms with E-state index in [4.69, 9.17) is 9.47 Å². The average molecular weight is 393 g/mol. The Labute approximate surface area is 176 Å². The maximum absolute atomic E-state index is 6.12. The van der Waals surface area contributed by atoms with Gasteiger partial charge in [0, 0.05) is 6.42 Å². The summed E-state index contributed by atoms with van der Waals surface area (Å²) >= 11 is 0. The zero-order chi connectivity index (χ0) is 21.6. The number of ether oxygens (including phenoxy) is 2. The van der Waals surface area contributed by atoms with Crippen molar-refractivity contribution < 1.29 is 9.47 Å². The molecule has 0 saturated heterocycles. The van der Waals surface area contributed by atoms with Crippen molar-refractivity contribution in [2.75, 3.05) is 13.2 Å². The fraction of sp³-hybridized carbons (Fsp3) is 0.769. The number of allylic oxidation sites excluding steroid dienone is 6. The summed E-state index contributed by atoms with van der Waals surface area (Å²) in [5.41, 5.74) is 4.37. The van der Waals surface area contributed by atoms with Crippen LogP contribution in [0.5, 0.6) is 0 Å². The van der Waals surface area contributed by atoms with E-state index in [1.165, 1.54) is 23.1 Å². The third kappa shape index (κ3) is 16.1. The molecule has 2 nitrogen and oxygen atoms in total. The summed E-state index contributed by atoms with van der Waals surface area (Å²) < 4.78 is 12.2. The molecule has 0 aliphatic carbocycles. The van der Waals surface area contributed by atoms with Crippen molar-refractivity contribution in [3.63, 3.8) is 0 Å². The Morgan fingerprint density at radius 3 is 1.57 bits per heavy atom. The van der Waals surface area contributed by atoms with E-state index in [2.05, 4.69) is 80.5 Å². The van der Waals surface area contributed by atoms with Gasteiger partial charge in [-0.15, -0.1) is 0 Å². The second kappa shape index (κ2) is 15.0. The van der Waals surface area contributed by atoms with Gasteiger partial charge in [0.15, 0.2) is 5.79 Å². The first-order chi connectivity index (χ1) is 13.0. The number of hydrogen-bond donors (Lipinski definition) is 0. The standard InChI is InChI=1S/C26H48O2/c1-21(2)13-10-14-24(7)15-11-16-25(8)17-12-18-26(9,27-19-22(3)4)28-20-23(5)6/h13,15,17,22-23H,10-12,14,16,18-20H2,1-9H3. The van der Waals surface area contributed by atoms with E-state index in [0.29, 0.717) is 11.8 Å². The molecule has 0 aliphatic heterocycles. The van der Waals surface area contributed by atoms with E-state index in [1.807, 2.05) is 0 Å². The number of hydrogen-bond acceptors (Lipinski definition) is 2. The molecule has 0 saturated carbocycles. The van der Waals surface area contributed by atoms with Crippen LogP contribution >= 0.6 is 0 Å². The zero-order valence-electron chi connectivity index (χ0n) is 20.4. The molecular formula is C26H48O2. The van der Waals surface area contributed by atoms with Gasteiger partial charge >= 0.3 is 0 Å². The lowest BCUT2D eigenvalue weighted by atomic mass is 10.0. The Kier molecular flexibility index (Phi) is 14.6. The van der Waals surface area contributed by atoms with E-state index in [1.54, 1.807) is 0 Å². The molecule has 0 aromatic carbocycles. The van der Waals surface area contributed by atoms with Crippen LogP contribution in [0, 0.1) is 11.8 Å². The molecule has 2 heteroatoms. The van der Waals surface area contributed by atoms with Crippen LogP contribution in [0.1, 0.15) is 101 Å². The van der Waals surface area contributed by atoms with Gasteiger partial charge in [0.05, 0.1) is 13.2 Å². The van der Waals surface area contributed by atoms with Crippen molar-refractivity contribution in [2.24, 2.45) is 11.8 Å². The van der Waals surface area contributed by atoms with Gasteiger partial charge in [-0.25, -0.2) is 0 Å². The van der Waals surface area contributed by atoms with E-state index in [9.17, 15) is 0 Å². The van der Waals surface area contributed by atoms with Gasteiger partial charge in [-0.3, -0.25) is 0 Å². The molecule has 0 heterocycles. The second-order valence-electron chi connectivity index (χ2n) is 9.54. The van der Waals surface area contributed by atoms with Crippen LogP contribution in [0.15, 0.2) is 34.9 Å². The molecule has 0 bridgehead atoms. The lowest BCUT2D eigenvalue weighted by Crippen LogP contribution is -2.35. The van der Waals surface area contributed by atoms with Gasteiger partial charge < -0.3 is 9.47 Å².